The molecule has 0 fully saturated rings. The van der Waals surface area contributed by atoms with Crippen LogP contribution in [0.4, 0.5) is 0 Å². The maximum Gasteiger partial charge on any atom is 0.337 e. The SMILES string of the molecule is CC.COC(=O)c1ccc(C(C)(C)C)cc1. The molecule has 16 heavy (non-hydrogen) atoms. The van der Waals surface area contributed by atoms with Crippen molar-refractivity contribution in [3.05, 3.63) is 35.4 Å². The first-order valence-electron chi connectivity index (χ1n) is 5.64. The van der Waals surface area contributed by atoms with Gasteiger partial charge in [0.05, 0.1) is 12.7 Å². The monoisotopic (exact) mass is 222 g/mol. The molecular formula is C14H22O2. The van der Waals surface area contributed by atoms with Crippen LogP contribution in [0.5, 0.6) is 0 Å². The number of esters is 1. The Labute approximate surface area is 98.6 Å². The minimum Gasteiger partial charge on any atom is -0.465 e. The number of ether oxygens (including phenoxy) is 1. The van der Waals surface area contributed by atoms with Crippen molar-refractivity contribution >= 4 is 5.97 Å². The quantitative estimate of drug-likeness (QED) is 0.676. The Hall–Kier alpha value is -1.31. The number of hydrogen-bond donors (Lipinski definition) is 0. The van der Waals surface area contributed by atoms with Crippen LogP contribution in [-0.2, 0) is 10.2 Å². The summed E-state index contributed by atoms with van der Waals surface area (Å²) in [4.78, 5) is 11.2. The van der Waals surface area contributed by atoms with Gasteiger partial charge in [0.2, 0.25) is 0 Å². The van der Waals surface area contributed by atoms with Crippen molar-refractivity contribution in [2.24, 2.45) is 0 Å². The molecular weight excluding hydrogens is 200 g/mol. The molecule has 0 atom stereocenters. The molecule has 1 aromatic carbocycles. The van der Waals surface area contributed by atoms with E-state index in [1.807, 2.05) is 26.0 Å². The summed E-state index contributed by atoms with van der Waals surface area (Å²) in [5.41, 5.74) is 1.93. The van der Waals surface area contributed by atoms with E-state index in [4.69, 9.17) is 0 Å². The topological polar surface area (TPSA) is 26.3 Å². The van der Waals surface area contributed by atoms with Crippen LogP contribution >= 0.6 is 0 Å². The molecule has 0 saturated carbocycles. The molecule has 0 aliphatic rings. The Morgan fingerprint density at radius 1 is 1.06 bits per heavy atom. The zero-order valence-electron chi connectivity index (χ0n) is 11.1. The third kappa shape index (κ3) is 4.05. The van der Waals surface area contributed by atoms with Crippen molar-refractivity contribution in [3.8, 4) is 0 Å². The van der Waals surface area contributed by atoms with Gasteiger partial charge in [-0.1, -0.05) is 46.8 Å². The van der Waals surface area contributed by atoms with E-state index in [0.29, 0.717) is 5.56 Å². The molecule has 0 amide bonds. The van der Waals surface area contributed by atoms with Crippen molar-refractivity contribution < 1.29 is 9.53 Å². The first kappa shape index (κ1) is 14.7. The fourth-order valence-corrected chi connectivity index (χ4v) is 1.22. The van der Waals surface area contributed by atoms with E-state index in [0.717, 1.165) is 0 Å². The molecule has 0 spiro atoms. The number of carbonyl (C=O) groups excluding carboxylic acids is 1. The predicted octanol–water partition coefficient (Wildman–Crippen LogP) is 3.80. The van der Waals surface area contributed by atoms with Gasteiger partial charge in [-0.3, -0.25) is 0 Å². The molecule has 1 aromatic rings. The summed E-state index contributed by atoms with van der Waals surface area (Å²) in [6.07, 6.45) is 0. The summed E-state index contributed by atoms with van der Waals surface area (Å²) >= 11 is 0. The molecule has 0 aromatic heterocycles. The smallest absolute Gasteiger partial charge is 0.337 e. The maximum absolute atomic E-state index is 11.2. The third-order valence-electron chi connectivity index (χ3n) is 2.17. The van der Waals surface area contributed by atoms with Gasteiger partial charge in [0.15, 0.2) is 0 Å². The van der Waals surface area contributed by atoms with Gasteiger partial charge in [-0.25, -0.2) is 4.79 Å². The normalized spacial score (nSPS) is 10.1. The van der Waals surface area contributed by atoms with Gasteiger partial charge in [0.1, 0.15) is 0 Å². The summed E-state index contributed by atoms with van der Waals surface area (Å²) in [6.45, 7) is 10.4. The molecule has 1 rings (SSSR count). The average Bonchev–Trinajstić information content (AvgIpc) is 2.30. The molecule has 0 saturated heterocycles. The van der Waals surface area contributed by atoms with Crippen LogP contribution in [0.25, 0.3) is 0 Å². The lowest BCUT2D eigenvalue weighted by atomic mass is 9.87. The highest BCUT2D eigenvalue weighted by atomic mass is 16.5. The highest BCUT2D eigenvalue weighted by Crippen LogP contribution is 2.22. The van der Waals surface area contributed by atoms with Gasteiger partial charge in [-0.05, 0) is 23.1 Å². The van der Waals surface area contributed by atoms with E-state index in [1.54, 1.807) is 12.1 Å². The first-order chi connectivity index (χ1) is 7.45. The lowest BCUT2D eigenvalue weighted by Crippen LogP contribution is -2.11. The standard InChI is InChI=1S/C12H16O2.C2H6/c1-12(2,3)10-7-5-9(6-8-10)11(13)14-4;1-2/h5-8H,1-4H3;1-2H3. The van der Waals surface area contributed by atoms with E-state index in [9.17, 15) is 4.79 Å². The van der Waals surface area contributed by atoms with Gasteiger partial charge in [-0.15, -0.1) is 0 Å². The van der Waals surface area contributed by atoms with Crippen LogP contribution in [0.2, 0.25) is 0 Å². The van der Waals surface area contributed by atoms with E-state index in [2.05, 4.69) is 25.5 Å². The molecule has 0 aliphatic heterocycles. The van der Waals surface area contributed by atoms with Crippen molar-refractivity contribution in [3.63, 3.8) is 0 Å². The zero-order chi connectivity index (χ0) is 12.8. The number of methoxy groups -OCH3 is 1. The molecule has 0 unspecified atom stereocenters. The summed E-state index contributed by atoms with van der Waals surface area (Å²) in [5.74, 6) is -0.287. The zero-order valence-corrected chi connectivity index (χ0v) is 11.1. The predicted molar refractivity (Wildman–Crippen MR) is 67.8 cm³/mol. The highest BCUT2D eigenvalue weighted by Gasteiger charge is 2.14. The largest absolute Gasteiger partial charge is 0.465 e. The second-order valence-corrected chi connectivity index (χ2v) is 4.32. The lowest BCUT2D eigenvalue weighted by molar-refractivity contribution is 0.0600. The number of carbonyl (C=O) groups is 1. The fourth-order valence-electron chi connectivity index (χ4n) is 1.22. The van der Waals surface area contributed by atoms with E-state index in [1.165, 1.54) is 12.7 Å². The molecule has 2 nitrogen and oxygen atoms in total. The summed E-state index contributed by atoms with van der Waals surface area (Å²) in [6, 6.07) is 7.53. The Kier molecular flexibility index (Phi) is 5.79. The molecule has 0 N–H and O–H groups in total. The minimum absolute atomic E-state index is 0.120. The third-order valence-corrected chi connectivity index (χ3v) is 2.17. The highest BCUT2D eigenvalue weighted by molar-refractivity contribution is 5.89. The van der Waals surface area contributed by atoms with Crippen molar-refractivity contribution in [2.75, 3.05) is 7.11 Å². The van der Waals surface area contributed by atoms with E-state index >= 15 is 0 Å². The Balaban J connectivity index is 0.00000106. The van der Waals surface area contributed by atoms with Crippen molar-refractivity contribution in [1.82, 2.24) is 0 Å². The van der Waals surface area contributed by atoms with Crippen LogP contribution in [0.3, 0.4) is 0 Å². The Morgan fingerprint density at radius 3 is 1.81 bits per heavy atom. The fraction of sp³-hybridized carbons (Fsp3) is 0.500. The number of benzene rings is 1. The second-order valence-electron chi connectivity index (χ2n) is 4.32. The van der Waals surface area contributed by atoms with Gasteiger partial charge in [0.25, 0.3) is 0 Å². The average molecular weight is 222 g/mol. The van der Waals surface area contributed by atoms with Crippen LogP contribution < -0.4 is 0 Å². The minimum atomic E-state index is -0.287. The van der Waals surface area contributed by atoms with Crippen LogP contribution in [0, 0.1) is 0 Å². The van der Waals surface area contributed by atoms with Crippen LogP contribution in [0.15, 0.2) is 24.3 Å². The lowest BCUT2D eigenvalue weighted by Gasteiger charge is -2.18. The molecule has 2 heteroatoms. The van der Waals surface area contributed by atoms with Crippen LogP contribution in [-0.4, -0.2) is 13.1 Å². The number of hydrogen-bond acceptors (Lipinski definition) is 2. The summed E-state index contributed by atoms with van der Waals surface area (Å²) < 4.78 is 4.62. The molecule has 90 valence electrons. The Bertz CT molecular complexity index is 318. The van der Waals surface area contributed by atoms with Crippen molar-refractivity contribution in [1.29, 1.82) is 0 Å². The van der Waals surface area contributed by atoms with Gasteiger partial charge in [-0.2, -0.15) is 0 Å². The molecule has 0 radical (unpaired) electrons. The molecule has 0 heterocycles. The molecule has 0 bridgehead atoms. The summed E-state index contributed by atoms with van der Waals surface area (Å²) in [7, 11) is 1.39. The van der Waals surface area contributed by atoms with Crippen LogP contribution in [0.1, 0.15) is 50.5 Å². The van der Waals surface area contributed by atoms with Crippen molar-refractivity contribution in [2.45, 2.75) is 40.0 Å². The van der Waals surface area contributed by atoms with Gasteiger partial charge < -0.3 is 4.74 Å². The second kappa shape index (κ2) is 6.31. The van der Waals surface area contributed by atoms with E-state index < -0.39 is 0 Å². The first-order valence-corrected chi connectivity index (χ1v) is 5.64. The molecule has 0 aliphatic carbocycles. The van der Waals surface area contributed by atoms with E-state index in [-0.39, 0.29) is 11.4 Å². The van der Waals surface area contributed by atoms with Gasteiger partial charge >= 0.3 is 5.97 Å². The maximum atomic E-state index is 11.2. The Morgan fingerprint density at radius 2 is 1.50 bits per heavy atom. The van der Waals surface area contributed by atoms with Gasteiger partial charge in [0, 0.05) is 0 Å². The summed E-state index contributed by atoms with van der Waals surface area (Å²) in [5, 5.41) is 0. The number of rotatable bonds is 1.